The molecule has 0 atom stereocenters. The number of sulfonamides is 1. The molecular weight excluding hydrogens is 289 g/mol. The summed E-state index contributed by atoms with van der Waals surface area (Å²) in [5.74, 6) is -0.474. The molecule has 1 N–H and O–H groups in total. The summed E-state index contributed by atoms with van der Waals surface area (Å²) in [5.41, 5.74) is 2.55. The summed E-state index contributed by atoms with van der Waals surface area (Å²) in [7, 11) is -3.71. The third-order valence-electron chi connectivity index (χ3n) is 3.08. The van der Waals surface area contributed by atoms with Gasteiger partial charge in [0.1, 0.15) is 5.82 Å². The van der Waals surface area contributed by atoms with E-state index in [1.165, 1.54) is 12.1 Å². The molecule has 0 aliphatic rings. The van der Waals surface area contributed by atoms with Gasteiger partial charge in [0.05, 0.1) is 4.90 Å². The maximum Gasteiger partial charge on any atom is 0.261 e. The van der Waals surface area contributed by atoms with E-state index in [0.717, 1.165) is 29.7 Å². The van der Waals surface area contributed by atoms with Crippen molar-refractivity contribution >= 4 is 15.7 Å². The molecule has 2 aromatic rings. The monoisotopic (exact) mass is 305 g/mol. The highest BCUT2D eigenvalue weighted by molar-refractivity contribution is 7.92. The summed E-state index contributed by atoms with van der Waals surface area (Å²) >= 11 is 0. The van der Waals surface area contributed by atoms with Crippen LogP contribution in [0.3, 0.4) is 0 Å². The first kappa shape index (κ1) is 15.3. The van der Waals surface area contributed by atoms with Gasteiger partial charge in [-0.2, -0.15) is 0 Å². The Hall–Kier alpha value is -2.14. The standard InChI is InChI=1S/C16H16FNO2S/c1-3-4-13-5-8-15(11-12(13)2)18-21(19,20)16-9-6-14(17)7-10-16/h3,5-11,18H,1,4H2,2H3. The van der Waals surface area contributed by atoms with Crippen molar-refractivity contribution in [3.63, 3.8) is 0 Å². The average Bonchev–Trinajstić information content (AvgIpc) is 2.42. The molecule has 0 spiro atoms. The van der Waals surface area contributed by atoms with Gasteiger partial charge < -0.3 is 0 Å². The van der Waals surface area contributed by atoms with Crippen LogP contribution in [0.2, 0.25) is 0 Å². The molecule has 0 radical (unpaired) electrons. The zero-order valence-corrected chi connectivity index (χ0v) is 12.5. The Kier molecular flexibility index (Phi) is 4.43. The first-order chi connectivity index (χ1) is 9.92. The molecule has 0 unspecified atom stereocenters. The van der Waals surface area contributed by atoms with Crippen molar-refractivity contribution in [3.05, 3.63) is 72.1 Å². The summed E-state index contributed by atoms with van der Waals surface area (Å²) in [4.78, 5) is 0.0247. The lowest BCUT2D eigenvalue weighted by molar-refractivity contribution is 0.599. The average molecular weight is 305 g/mol. The predicted octanol–water partition coefficient (Wildman–Crippen LogP) is 3.66. The van der Waals surface area contributed by atoms with Crippen LogP contribution in [0.4, 0.5) is 10.1 Å². The summed E-state index contributed by atoms with van der Waals surface area (Å²) in [6.45, 7) is 5.59. The van der Waals surface area contributed by atoms with E-state index < -0.39 is 15.8 Å². The second-order valence-electron chi connectivity index (χ2n) is 4.69. The molecule has 5 heteroatoms. The third kappa shape index (κ3) is 3.70. The minimum absolute atomic E-state index is 0.0247. The summed E-state index contributed by atoms with van der Waals surface area (Å²) in [6.07, 6.45) is 2.53. The molecule has 2 rings (SSSR count). The van der Waals surface area contributed by atoms with Gasteiger partial charge >= 0.3 is 0 Å². The van der Waals surface area contributed by atoms with Crippen molar-refractivity contribution in [2.24, 2.45) is 0 Å². The number of nitrogens with one attached hydrogen (secondary N) is 1. The fraction of sp³-hybridized carbons (Fsp3) is 0.125. The lowest BCUT2D eigenvalue weighted by atomic mass is 10.1. The lowest BCUT2D eigenvalue weighted by Crippen LogP contribution is -2.13. The van der Waals surface area contributed by atoms with Crippen molar-refractivity contribution < 1.29 is 12.8 Å². The van der Waals surface area contributed by atoms with Crippen LogP contribution in [0.5, 0.6) is 0 Å². The Labute approximate surface area is 124 Å². The molecule has 0 amide bonds. The molecule has 0 bridgehead atoms. The first-order valence-electron chi connectivity index (χ1n) is 6.41. The van der Waals surface area contributed by atoms with Gasteiger partial charge in [-0.25, -0.2) is 12.8 Å². The molecule has 0 aliphatic heterocycles. The van der Waals surface area contributed by atoms with Crippen molar-refractivity contribution in [3.8, 4) is 0 Å². The topological polar surface area (TPSA) is 46.2 Å². The molecule has 21 heavy (non-hydrogen) atoms. The zero-order chi connectivity index (χ0) is 15.5. The van der Waals surface area contributed by atoms with Crippen LogP contribution in [0.15, 0.2) is 60.0 Å². The predicted molar refractivity (Wildman–Crippen MR) is 82.3 cm³/mol. The second-order valence-corrected chi connectivity index (χ2v) is 6.38. The Morgan fingerprint density at radius 2 is 1.86 bits per heavy atom. The molecule has 0 aromatic heterocycles. The number of aryl methyl sites for hydroxylation is 1. The van der Waals surface area contributed by atoms with Crippen molar-refractivity contribution in [1.82, 2.24) is 0 Å². The molecule has 0 saturated carbocycles. The van der Waals surface area contributed by atoms with Crippen molar-refractivity contribution in [2.45, 2.75) is 18.2 Å². The number of allylic oxidation sites excluding steroid dienone is 1. The van der Waals surface area contributed by atoms with E-state index in [9.17, 15) is 12.8 Å². The van der Waals surface area contributed by atoms with Gasteiger partial charge in [0.15, 0.2) is 0 Å². The second kappa shape index (κ2) is 6.10. The molecule has 0 saturated heterocycles. The molecule has 2 aromatic carbocycles. The van der Waals surface area contributed by atoms with E-state index in [1.807, 2.05) is 13.0 Å². The third-order valence-corrected chi connectivity index (χ3v) is 4.48. The van der Waals surface area contributed by atoms with Gasteiger partial charge in [0, 0.05) is 5.69 Å². The van der Waals surface area contributed by atoms with E-state index in [4.69, 9.17) is 0 Å². The van der Waals surface area contributed by atoms with Gasteiger partial charge in [0.25, 0.3) is 10.0 Å². The number of rotatable bonds is 5. The van der Waals surface area contributed by atoms with Crippen LogP contribution in [0.25, 0.3) is 0 Å². The fourth-order valence-electron chi connectivity index (χ4n) is 1.97. The Morgan fingerprint density at radius 3 is 2.43 bits per heavy atom. The van der Waals surface area contributed by atoms with Gasteiger partial charge in [-0.3, -0.25) is 4.72 Å². The van der Waals surface area contributed by atoms with Crippen molar-refractivity contribution in [1.29, 1.82) is 0 Å². The molecular formula is C16H16FNO2S. The lowest BCUT2D eigenvalue weighted by Gasteiger charge is -2.10. The summed E-state index contributed by atoms with van der Waals surface area (Å²) in [6, 6.07) is 10.0. The highest BCUT2D eigenvalue weighted by Crippen LogP contribution is 2.20. The van der Waals surface area contributed by atoms with Crippen LogP contribution >= 0.6 is 0 Å². The minimum atomic E-state index is -3.71. The molecule has 3 nitrogen and oxygen atoms in total. The van der Waals surface area contributed by atoms with Gasteiger partial charge in [-0.15, -0.1) is 6.58 Å². The van der Waals surface area contributed by atoms with Crippen LogP contribution in [-0.2, 0) is 16.4 Å². The molecule has 110 valence electrons. The highest BCUT2D eigenvalue weighted by atomic mass is 32.2. The van der Waals surface area contributed by atoms with Crippen LogP contribution in [0.1, 0.15) is 11.1 Å². The van der Waals surface area contributed by atoms with E-state index in [0.29, 0.717) is 5.69 Å². The number of hydrogen-bond acceptors (Lipinski definition) is 2. The van der Waals surface area contributed by atoms with E-state index in [-0.39, 0.29) is 4.90 Å². The van der Waals surface area contributed by atoms with E-state index >= 15 is 0 Å². The maximum atomic E-state index is 12.8. The Balaban J connectivity index is 2.26. The Morgan fingerprint density at radius 1 is 1.19 bits per heavy atom. The number of anilines is 1. The number of hydrogen-bond donors (Lipinski definition) is 1. The largest absolute Gasteiger partial charge is 0.280 e. The SMILES string of the molecule is C=CCc1ccc(NS(=O)(=O)c2ccc(F)cc2)cc1C. The van der Waals surface area contributed by atoms with Gasteiger partial charge in [-0.05, 0) is 60.9 Å². The van der Waals surface area contributed by atoms with Crippen LogP contribution < -0.4 is 4.72 Å². The zero-order valence-electron chi connectivity index (χ0n) is 11.6. The normalized spacial score (nSPS) is 11.1. The number of halogens is 1. The van der Waals surface area contributed by atoms with Gasteiger partial charge in [0.2, 0.25) is 0 Å². The summed E-state index contributed by atoms with van der Waals surface area (Å²) < 4.78 is 39.7. The molecule has 0 heterocycles. The Bertz CT molecular complexity index is 752. The number of benzene rings is 2. The maximum absolute atomic E-state index is 12.8. The van der Waals surface area contributed by atoms with E-state index in [2.05, 4.69) is 11.3 Å². The van der Waals surface area contributed by atoms with E-state index in [1.54, 1.807) is 18.2 Å². The molecule has 0 fully saturated rings. The first-order valence-corrected chi connectivity index (χ1v) is 7.89. The fourth-order valence-corrected chi connectivity index (χ4v) is 3.02. The van der Waals surface area contributed by atoms with Crippen LogP contribution in [-0.4, -0.2) is 8.42 Å². The quantitative estimate of drug-likeness (QED) is 0.857. The summed E-state index contributed by atoms with van der Waals surface area (Å²) in [5, 5.41) is 0. The van der Waals surface area contributed by atoms with Crippen LogP contribution in [0, 0.1) is 12.7 Å². The minimum Gasteiger partial charge on any atom is -0.280 e. The van der Waals surface area contributed by atoms with Crippen molar-refractivity contribution in [2.75, 3.05) is 4.72 Å². The molecule has 0 aliphatic carbocycles. The smallest absolute Gasteiger partial charge is 0.261 e. The highest BCUT2D eigenvalue weighted by Gasteiger charge is 2.14. The van der Waals surface area contributed by atoms with Gasteiger partial charge in [-0.1, -0.05) is 12.1 Å².